The summed E-state index contributed by atoms with van der Waals surface area (Å²) in [4.78, 5) is 11.7. The van der Waals surface area contributed by atoms with Gasteiger partial charge in [-0.3, -0.25) is 0 Å². The lowest BCUT2D eigenvalue weighted by atomic mass is 9.81. The number of rotatable bonds is 3. The van der Waals surface area contributed by atoms with E-state index in [9.17, 15) is 14.3 Å². The number of ether oxygens (including phenoxy) is 1. The third-order valence-electron chi connectivity index (χ3n) is 3.58. The molecular formula is C15H20FNO3. The van der Waals surface area contributed by atoms with Crippen molar-refractivity contribution >= 4 is 11.7 Å². The second-order valence-electron chi connectivity index (χ2n) is 6.06. The van der Waals surface area contributed by atoms with Gasteiger partial charge in [0.05, 0.1) is 12.2 Å². The van der Waals surface area contributed by atoms with Gasteiger partial charge in [0.15, 0.2) is 0 Å². The topological polar surface area (TPSA) is 58.6 Å². The van der Waals surface area contributed by atoms with Gasteiger partial charge in [0.25, 0.3) is 0 Å². The molecule has 0 aliphatic carbocycles. The van der Waals surface area contributed by atoms with Crippen LogP contribution < -0.4 is 5.32 Å². The van der Waals surface area contributed by atoms with Crippen LogP contribution in [0.1, 0.15) is 32.3 Å². The highest BCUT2D eigenvalue weighted by Gasteiger charge is 2.46. The standard InChI is InChI=1S/C15H20FNO3/c1-10-6-11(16)8-12(7-10)17-15(13(18)19)4-5-20-14(2,3)9-15/h6-8,17H,4-5,9H2,1-3H3,(H,18,19). The second-order valence-corrected chi connectivity index (χ2v) is 6.06. The van der Waals surface area contributed by atoms with Gasteiger partial charge in [0.2, 0.25) is 0 Å². The molecule has 2 N–H and O–H groups in total. The van der Waals surface area contributed by atoms with Gasteiger partial charge in [-0.05, 0) is 44.5 Å². The second kappa shape index (κ2) is 5.05. The predicted molar refractivity (Wildman–Crippen MR) is 74.4 cm³/mol. The fourth-order valence-electron chi connectivity index (χ4n) is 2.80. The smallest absolute Gasteiger partial charge is 0.329 e. The molecule has 0 spiro atoms. The molecule has 1 aliphatic rings. The summed E-state index contributed by atoms with van der Waals surface area (Å²) in [5.74, 6) is -1.31. The van der Waals surface area contributed by atoms with Gasteiger partial charge in [0.1, 0.15) is 11.4 Å². The number of aryl methyl sites for hydroxylation is 1. The molecule has 0 bridgehead atoms. The van der Waals surface area contributed by atoms with E-state index in [1.165, 1.54) is 12.1 Å². The summed E-state index contributed by atoms with van der Waals surface area (Å²) in [5.41, 5.74) is -0.407. The normalized spacial score (nSPS) is 25.2. The van der Waals surface area contributed by atoms with E-state index in [-0.39, 0.29) is 5.82 Å². The van der Waals surface area contributed by atoms with E-state index in [1.54, 1.807) is 13.0 Å². The van der Waals surface area contributed by atoms with Gasteiger partial charge in [-0.15, -0.1) is 0 Å². The summed E-state index contributed by atoms with van der Waals surface area (Å²) < 4.78 is 19.0. The molecule has 1 aromatic carbocycles. The summed E-state index contributed by atoms with van der Waals surface area (Å²) in [5, 5.41) is 12.6. The Labute approximate surface area is 117 Å². The quantitative estimate of drug-likeness (QED) is 0.894. The van der Waals surface area contributed by atoms with E-state index in [0.29, 0.717) is 25.1 Å². The lowest BCUT2D eigenvalue weighted by Gasteiger charge is -2.43. The van der Waals surface area contributed by atoms with Gasteiger partial charge in [-0.25, -0.2) is 9.18 Å². The van der Waals surface area contributed by atoms with Crippen molar-refractivity contribution in [2.75, 3.05) is 11.9 Å². The number of carboxylic acid groups (broad SMARTS) is 1. The van der Waals surface area contributed by atoms with Crippen LogP contribution in [0, 0.1) is 12.7 Å². The van der Waals surface area contributed by atoms with Crippen molar-refractivity contribution in [1.29, 1.82) is 0 Å². The third kappa shape index (κ3) is 3.10. The largest absolute Gasteiger partial charge is 0.480 e. The highest BCUT2D eigenvalue weighted by molar-refractivity contribution is 5.83. The minimum Gasteiger partial charge on any atom is -0.480 e. The molecule has 1 aliphatic heterocycles. The van der Waals surface area contributed by atoms with Gasteiger partial charge in [0, 0.05) is 18.5 Å². The fourth-order valence-corrected chi connectivity index (χ4v) is 2.80. The number of nitrogens with one attached hydrogen (secondary N) is 1. The summed E-state index contributed by atoms with van der Waals surface area (Å²) in [6.45, 7) is 5.86. The Morgan fingerprint density at radius 2 is 2.10 bits per heavy atom. The zero-order valence-corrected chi connectivity index (χ0v) is 12.0. The molecule has 0 aromatic heterocycles. The molecule has 2 rings (SSSR count). The van der Waals surface area contributed by atoms with Crippen molar-refractivity contribution in [1.82, 2.24) is 0 Å². The first-order valence-electron chi connectivity index (χ1n) is 6.65. The van der Waals surface area contributed by atoms with Crippen LogP contribution >= 0.6 is 0 Å². The van der Waals surface area contributed by atoms with E-state index in [0.717, 1.165) is 5.56 Å². The predicted octanol–water partition coefficient (Wildman–Crippen LogP) is 2.96. The summed E-state index contributed by atoms with van der Waals surface area (Å²) in [7, 11) is 0. The monoisotopic (exact) mass is 281 g/mol. The van der Waals surface area contributed by atoms with E-state index < -0.39 is 17.1 Å². The first-order valence-corrected chi connectivity index (χ1v) is 6.65. The van der Waals surface area contributed by atoms with E-state index in [2.05, 4.69) is 5.32 Å². The number of aliphatic carboxylic acids is 1. The maximum Gasteiger partial charge on any atom is 0.329 e. The molecule has 1 saturated heterocycles. The van der Waals surface area contributed by atoms with Crippen LogP contribution in [-0.4, -0.2) is 28.8 Å². The number of hydrogen-bond acceptors (Lipinski definition) is 3. The zero-order chi connectivity index (χ0) is 15.0. The molecule has 20 heavy (non-hydrogen) atoms. The molecule has 4 nitrogen and oxygen atoms in total. The van der Waals surface area contributed by atoms with Crippen molar-refractivity contribution in [3.63, 3.8) is 0 Å². The highest BCUT2D eigenvalue weighted by atomic mass is 19.1. The molecule has 110 valence electrons. The Morgan fingerprint density at radius 3 is 2.65 bits per heavy atom. The highest BCUT2D eigenvalue weighted by Crippen LogP contribution is 2.35. The summed E-state index contributed by atoms with van der Waals surface area (Å²) in [6.07, 6.45) is 0.673. The van der Waals surface area contributed by atoms with Gasteiger partial charge >= 0.3 is 5.97 Å². The van der Waals surface area contributed by atoms with Crippen LogP contribution in [0.25, 0.3) is 0 Å². The van der Waals surface area contributed by atoms with Crippen molar-refractivity contribution in [3.8, 4) is 0 Å². The zero-order valence-electron chi connectivity index (χ0n) is 12.0. The van der Waals surface area contributed by atoms with Crippen LogP contribution in [0.3, 0.4) is 0 Å². The maximum atomic E-state index is 13.4. The summed E-state index contributed by atoms with van der Waals surface area (Å²) >= 11 is 0. The Hall–Kier alpha value is -1.62. The third-order valence-corrected chi connectivity index (χ3v) is 3.58. The van der Waals surface area contributed by atoms with Crippen LogP contribution in [0.4, 0.5) is 10.1 Å². The minimum absolute atomic E-state index is 0.324. The van der Waals surface area contributed by atoms with Crippen molar-refractivity contribution < 1.29 is 19.0 Å². The van der Waals surface area contributed by atoms with Gasteiger partial charge in [-0.1, -0.05) is 0 Å². The average molecular weight is 281 g/mol. The van der Waals surface area contributed by atoms with Gasteiger partial charge in [-0.2, -0.15) is 0 Å². The lowest BCUT2D eigenvalue weighted by molar-refractivity contribution is -0.152. The molecule has 5 heteroatoms. The molecule has 1 fully saturated rings. The first kappa shape index (κ1) is 14.8. The van der Waals surface area contributed by atoms with E-state index in [1.807, 2.05) is 13.8 Å². The molecule has 0 amide bonds. The first-order chi connectivity index (χ1) is 9.22. The van der Waals surface area contributed by atoms with Gasteiger partial charge < -0.3 is 15.2 Å². The Morgan fingerprint density at radius 1 is 1.40 bits per heavy atom. The molecule has 1 unspecified atom stereocenters. The van der Waals surface area contributed by atoms with Crippen molar-refractivity contribution in [2.45, 2.75) is 44.8 Å². The van der Waals surface area contributed by atoms with Crippen LogP contribution in [0.5, 0.6) is 0 Å². The molecule has 1 aromatic rings. The van der Waals surface area contributed by atoms with Crippen molar-refractivity contribution in [2.24, 2.45) is 0 Å². The molecule has 0 radical (unpaired) electrons. The number of hydrogen-bond donors (Lipinski definition) is 2. The molecular weight excluding hydrogens is 261 g/mol. The Balaban J connectivity index is 2.32. The Kier molecular flexibility index (Phi) is 3.73. The average Bonchev–Trinajstić information content (AvgIpc) is 2.25. The molecule has 1 heterocycles. The number of anilines is 1. The molecule has 1 atom stereocenters. The Bertz CT molecular complexity index is 510. The number of benzene rings is 1. The van der Waals surface area contributed by atoms with Crippen LogP contribution in [-0.2, 0) is 9.53 Å². The maximum absolute atomic E-state index is 13.4. The molecule has 0 saturated carbocycles. The lowest BCUT2D eigenvalue weighted by Crippen LogP contribution is -2.55. The van der Waals surface area contributed by atoms with E-state index >= 15 is 0 Å². The SMILES string of the molecule is Cc1cc(F)cc(NC2(C(=O)O)CCOC(C)(C)C2)c1. The minimum atomic E-state index is -1.12. The van der Waals surface area contributed by atoms with Crippen LogP contribution in [0.2, 0.25) is 0 Å². The number of halogens is 1. The van der Waals surface area contributed by atoms with Crippen LogP contribution in [0.15, 0.2) is 18.2 Å². The van der Waals surface area contributed by atoms with Crippen molar-refractivity contribution in [3.05, 3.63) is 29.6 Å². The number of carboxylic acids is 1. The van der Waals surface area contributed by atoms with E-state index in [4.69, 9.17) is 4.74 Å². The fraction of sp³-hybridized carbons (Fsp3) is 0.533. The summed E-state index contributed by atoms with van der Waals surface area (Å²) in [6, 6.07) is 4.48. The number of carbonyl (C=O) groups is 1.